The highest BCUT2D eigenvalue weighted by atomic mass is 32.2. The second-order valence-corrected chi connectivity index (χ2v) is 11.1. The topological polar surface area (TPSA) is 113 Å². The molecule has 0 fully saturated rings. The van der Waals surface area contributed by atoms with Gasteiger partial charge in [-0.3, -0.25) is 0 Å². The van der Waals surface area contributed by atoms with E-state index < -0.39 is 9.84 Å². The number of aromatic nitrogens is 2. The Balaban J connectivity index is 1.62. The highest BCUT2D eigenvalue weighted by Crippen LogP contribution is 2.42. The molecule has 0 saturated carbocycles. The molecule has 0 unspecified atom stereocenters. The minimum absolute atomic E-state index is 0.178. The van der Waals surface area contributed by atoms with Crippen LogP contribution in [-0.2, 0) is 9.84 Å². The summed E-state index contributed by atoms with van der Waals surface area (Å²) in [6, 6.07) is 23.7. The summed E-state index contributed by atoms with van der Waals surface area (Å²) in [5, 5.41) is 16.5. The lowest BCUT2D eigenvalue weighted by atomic mass is 10.1. The van der Waals surface area contributed by atoms with Crippen LogP contribution in [0.25, 0.3) is 15.7 Å². The van der Waals surface area contributed by atoms with Gasteiger partial charge in [0.1, 0.15) is 11.5 Å². The van der Waals surface area contributed by atoms with Crippen LogP contribution in [0.1, 0.15) is 5.56 Å². The quantitative estimate of drug-likeness (QED) is 0.161. The Bertz CT molecular complexity index is 1810. The zero-order valence-corrected chi connectivity index (χ0v) is 22.0. The van der Waals surface area contributed by atoms with Gasteiger partial charge in [0.15, 0.2) is 20.7 Å². The third-order valence-corrected chi connectivity index (χ3v) is 7.54. The molecular formula is C27H21N7O2S2. The average molecular weight is 540 g/mol. The molecule has 0 aliphatic carbocycles. The number of fused-ring (bicyclic) bond motifs is 1. The van der Waals surface area contributed by atoms with Crippen LogP contribution in [0.2, 0.25) is 0 Å². The maximum absolute atomic E-state index is 12.1. The van der Waals surface area contributed by atoms with E-state index in [2.05, 4.69) is 30.1 Å². The predicted octanol–water partition coefficient (Wildman–Crippen LogP) is 7.86. The van der Waals surface area contributed by atoms with Gasteiger partial charge < -0.3 is 10.6 Å². The molecule has 0 bridgehead atoms. The first-order valence-corrected chi connectivity index (χ1v) is 14.1. The fraction of sp³-hybridized carbons (Fsp3) is 0.0741. The highest BCUT2D eigenvalue weighted by Gasteiger charge is 2.19. The van der Waals surface area contributed by atoms with Crippen LogP contribution in [0, 0.1) is 13.5 Å². The minimum Gasteiger partial charge on any atom is -0.349 e. The molecule has 2 aromatic heterocycles. The van der Waals surface area contributed by atoms with Crippen LogP contribution in [0.4, 0.5) is 39.4 Å². The van der Waals surface area contributed by atoms with Gasteiger partial charge in [-0.25, -0.2) is 18.2 Å². The van der Waals surface area contributed by atoms with E-state index in [9.17, 15) is 8.42 Å². The SMILES string of the molecule is [C-]#[N+]c1c(Nc2ccccc2)nc(Nc2ccccc2)c(N=Nc2snc3ccc(S(C)(=O)=O)cc23)c1C. The standard InChI is InChI=1S/C27H21N7O2S2/c1-17-23(28-2)25(29-18-10-6-4-7-11-18)31-26(30-19-12-8-5-9-13-19)24(17)32-33-27-21-16-20(38(3,35)36)14-15-22(21)34-37-27/h4-16H,1,3H3,(H2,29,30,31). The normalized spacial score (nSPS) is 11.5. The smallest absolute Gasteiger partial charge is 0.233 e. The molecule has 0 aliphatic heterocycles. The summed E-state index contributed by atoms with van der Waals surface area (Å²) in [6.45, 7) is 9.62. The largest absolute Gasteiger partial charge is 0.349 e. The van der Waals surface area contributed by atoms with Crippen molar-refractivity contribution in [2.24, 2.45) is 10.2 Å². The van der Waals surface area contributed by atoms with Crippen LogP contribution in [0.5, 0.6) is 0 Å². The number of hydrogen-bond acceptors (Lipinski definition) is 9. The molecule has 11 heteroatoms. The van der Waals surface area contributed by atoms with E-state index in [0.717, 1.165) is 29.2 Å². The number of rotatable bonds is 7. The Hall–Kier alpha value is -4.66. The Morgan fingerprint density at radius 3 is 2.13 bits per heavy atom. The molecule has 5 rings (SSSR count). The number of para-hydroxylation sites is 2. The Labute approximate surface area is 223 Å². The van der Waals surface area contributed by atoms with Gasteiger partial charge in [0.25, 0.3) is 0 Å². The fourth-order valence-corrected chi connectivity index (χ4v) is 5.07. The molecule has 188 valence electrons. The lowest BCUT2D eigenvalue weighted by Gasteiger charge is -2.16. The molecule has 0 amide bonds. The number of nitrogens with one attached hydrogen (secondary N) is 2. The van der Waals surface area contributed by atoms with Crippen molar-refractivity contribution in [2.45, 2.75) is 11.8 Å². The number of azo groups is 1. The van der Waals surface area contributed by atoms with Gasteiger partial charge in [-0.15, -0.1) is 10.2 Å². The van der Waals surface area contributed by atoms with E-state index in [-0.39, 0.29) is 4.90 Å². The van der Waals surface area contributed by atoms with Gasteiger partial charge in [-0.1, -0.05) is 36.4 Å². The summed E-state index contributed by atoms with van der Waals surface area (Å²) in [7, 11) is -3.40. The number of anilines is 4. The summed E-state index contributed by atoms with van der Waals surface area (Å²) < 4.78 is 28.5. The molecule has 2 heterocycles. The molecule has 0 aliphatic rings. The van der Waals surface area contributed by atoms with Crippen LogP contribution < -0.4 is 10.6 Å². The minimum atomic E-state index is -3.40. The molecule has 0 radical (unpaired) electrons. The van der Waals surface area contributed by atoms with Crippen molar-refractivity contribution < 1.29 is 8.42 Å². The van der Waals surface area contributed by atoms with Gasteiger partial charge in [0, 0.05) is 23.0 Å². The second-order valence-electron chi connectivity index (χ2n) is 8.36. The van der Waals surface area contributed by atoms with E-state index in [4.69, 9.17) is 11.6 Å². The van der Waals surface area contributed by atoms with Gasteiger partial charge in [-0.2, -0.15) is 4.37 Å². The maximum Gasteiger partial charge on any atom is 0.233 e. The van der Waals surface area contributed by atoms with Gasteiger partial charge in [0.2, 0.25) is 5.69 Å². The molecule has 0 atom stereocenters. The number of nitrogens with zero attached hydrogens (tertiary/aromatic N) is 5. The Morgan fingerprint density at radius 1 is 0.895 bits per heavy atom. The molecular weight excluding hydrogens is 518 g/mol. The monoisotopic (exact) mass is 539 g/mol. The molecule has 38 heavy (non-hydrogen) atoms. The lowest BCUT2D eigenvalue weighted by molar-refractivity contribution is 0.602. The Morgan fingerprint density at radius 2 is 1.53 bits per heavy atom. The van der Waals surface area contributed by atoms with Crippen LogP contribution >= 0.6 is 11.5 Å². The van der Waals surface area contributed by atoms with Crippen LogP contribution in [0.3, 0.4) is 0 Å². The van der Waals surface area contributed by atoms with Gasteiger partial charge >= 0.3 is 0 Å². The summed E-state index contributed by atoms with van der Waals surface area (Å²) in [6.07, 6.45) is 1.16. The van der Waals surface area contributed by atoms with E-state index in [1.54, 1.807) is 19.1 Å². The zero-order chi connectivity index (χ0) is 26.7. The lowest BCUT2D eigenvalue weighted by Crippen LogP contribution is -2.01. The van der Waals surface area contributed by atoms with Crippen molar-refractivity contribution >= 4 is 71.7 Å². The second kappa shape index (κ2) is 10.4. The Kier molecular flexibility index (Phi) is 6.83. The number of hydrogen-bond donors (Lipinski definition) is 2. The van der Waals surface area contributed by atoms with Crippen molar-refractivity contribution in [2.75, 3.05) is 16.9 Å². The van der Waals surface area contributed by atoms with Crippen LogP contribution in [-0.4, -0.2) is 24.0 Å². The summed E-state index contributed by atoms with van der Waals surface area (Å²) in [5.74, 6) is 0.802. The predicted molar refractivity (Wildman–Crippen MR) is 152 cm³/mol. The zero-order valence-electron chi connectivity index (χ0n) is 20.4. The summed E-state index contributed by atoms with van der Waals surface area (Å²) in [4.78, 5) is 8.63. The van der Waals surface area contributed by atoms with Gasteiger partial charge in [-0.05, 0) is 66.5 Å². The van der Waals surface area contributed by atoms with E-state index in [0.29, 0.717) is 44.5 Å². The first kappa shape index (κ1) is 25.0. The first-order valence-electron chi connectivity index (χ1n) is 11.4. The van der Waals surface area contributed by atoms with E-state index in [1.807, 2.05) is 60.7 Å². The van der Waals surface area contributed by atoms with Crippen molar-refractivity contribution in [3.05, 3.63) is 95.8 Å². The number of sulfone groups is 1. The molecule has 0 saturated heterocycles. The van der Waals surface area contributed by atoms with Gasteiger partial charge in [0.05, 0.1) is 17.0 Å². The summed E-state index contributed by atoms with van der Waals surface area (Å²) in [5.41, 5.74) is 3.49. The van der Waals surface area contributed by atoms with Crippen molar-refractivity contribution in [1.82, 2.24) is 9.36 Å². The van der Waals surface area contributed by atoms with Crippen molar-refractivity contribution in [3.63, 3.8) is 0 Å². The number of pyridine rings is 1. The average Bonchev–Trinajstić information content (AvgIpc) is 3.32. The molecule has 0 spiro atoms. The maximum atomic E-state index is 12.1. The third-order valence-electron chi connectivity index (χ3n) is 5.67. The van der Waals surface area contributed by atoms with E-state index >= 15 is 0 Å². The summed E-state index contributed by atoms with van der Waals surface area (Å²) >= 11 is 1.11. The highest BCUT2D eigenvalue weighted by molar-refractivity contribution is 7.90. The molecule has 5 aromatic rings. The van der Waals surface area contributed by atoms with Crippen molar-refractivity contribution in [1.29, 1.82) is 0 Å². The molecule has 3 aromatic carbocycles. The molecule has 9 nitrogen and oxygen atoms in total. The third kappa shape index (κ3) is 5.22. The van der Waals surface area contributed by atoms with Crippen molar-refractivity contribution in [3.8, 4) is 0 Å². The number of benzene rings is 3. The molecule has 2 N–H and O–H groups in total. The first-order chi connectivity index (χ1) is 18.3. The van der Waals surface area contributed by atoms with Crippen LogP contribution in [0.15, 0.2) is 94.0 Å². The van der Waals surface area contributed by atoms with E-state index in [1.165, 1.54) is 6.07 Å². The fourth-order valence-electron chi connectivity index (χ4n) is 3.74.